The molecule has 3 rings (SSSR count). The average molecular weight is 285 g/mol. The van der Waals surface area contributed by atoms with Crippen molar-refractivity contribution in [1.82, 2.24) is 5.32 Å². The molecule has 1 saturated carbocycles. The van der Waals surface area contributed by atoms with Crippen molar-refractivity contribution in [3.8, 4) is 0 Å². The number of amides is 1. The Labute approximate surface area is 128 Å². The molecule has 1 saturated heterocycles. The van der Waals surface area contributed by atoms with Crippen LogP contribution in [0.1, 0.15) is 65.0 Å². The van der Waals surface area contributed by atoms with Crippen molar-refractivity contribution in [1.29, 1.82) is 0 Å². The number of rotatable bonds is 1. The van der Waals surface area contributed by atoms with Gasteiger partial charge in [0.25, 0.3) is 0 Å². The molecule has 2 fully saturated rings. The van der Waals surface area contributed by atoms with Crippen molar-refractivity contribution in [3.63, 3.8) is 0 Å². The first-order chi connectivity index (χ1) is 9.72. The van der Waals surface area contributed by atoms with Crippen LogP contribution in [-0.4, -0.2) is 5.91 Å². The van der Waals surface area contributed by atoms with Crippen molar-refractivity contribution in [3.05, 3.63) is 35.9 Å². The average Bonchev–Trinajstić information content (AvgIpc) is 2.61. The molecule has 0 radical (unpaired) electrons. The van der Waals surface area contributed by atoms with Gasteiger partial charge in [0.15, 0.2) is 0 Å². The van der Waals surface area contributed by atoms with Gasteiger partial charge in [-0.3, -0.25) is 4.79 Å². The molecule has 0 aromatic heterocycles. The minimum Gasteiger partial charge on any atom is -0.349 e. The van der Waals surface area contributed by atoms with Crippen LogP contribution in [0.25, 0.3) is 0 Å². The number of carbonyl (C=O) groups excluding carboxylic acids is 1. The van der Waals surface area contributed by atoms with Crippen LogP contribution in [0.4, 0.5) is 0 Å². The third-order valence-electron chi connectivity index (χ3n) is 5.18. The highest BCUT2D eigenvalue weighted by molar-refractivity contribution is 5.80. The predicted octanol–water partition coefficient (Wildman–Crippen LogP) is 4.47. The molecular formula is C19H27NO. The third kappa shape index (κ3) is 2.73. The van der Waals surface area contributed by atoms with E-state index in [9.17, 15) is 4.79 Å². The van der Waals surface area contributed by atoms with E-state index in [-0.39, 0.29) is 17.4 Å². The zero-order valence-corrected chi connectivity index (χ0v) is 13.7. The predicted molar refractivity (Wildman–Crippen MR) is 85.8 cm³/mol. The molecule has 1 aliphatic carbocycles. The summed E-state index contributed by atoms with van der Waals surface area (Å²) in [6.07, 6.45) is 4.17. The van der Waals surface area contributed by atoms with Crippen LogP contribution in [0.3, 0.4) is 0 Å². The molecule has 2 heteroatoms. The first kappa shape index (κ1) is 14.6. The molecule has 1 spiro atoms. The second kappa shape index (κ2) is 4.59. The summed E-state index contributed by atoms with van der Waals surface area (Å²) in [7, 11) is 0. The second-order valence-corrected chi connectivity index (χ2v) is 8.81. The zero-order chi connectivity index (χ0) is 15.3. The van der Waals surface area contributed by atoms with Gasteiger partial charge in [-0.05, 0) is 35.7 Å². The number of benzene rings is 1. The Balaban J connectivity index is 2.03. The minimum absolute atomic E-state index is 0.0731. The highest BCUT2D eigenvalue weighted by atomic mass is 16.2. The molecule has 0 bridgehead atoms. The van der Waals surface area contributed by atoms with Gasteiger partial charge in [0.1, 0.15) is 0 Å². The summed E-state index contributed by atoms with van der Waals surface area (Å²) in [5.41, 5.74) is 1.92. The molecule has 1 amide bonds. The first-order valence-electron chi connectivity index (χ1n) is 8.06. The standard InChI is InChI=1S/C19H27NO/c1-17(2)11-18(3,4)13-19(12-17)10-15(21)20-16(19)14-8-6-5-7-9-14/h5-9,16H,10-13H2,1-4H3,(H,20,21). The largest absolute Gasteiger partial charge is 0.349 e. The Bertz CT molecular complexity index is 528. The molecular weight excluding hydrogens is 258 g/mol. The summed E-state index contributed by atoms with van der Waals surface area (Å²) in [6, 6.07) is 10.7. The number of hydrogen-bond donors (Lipinski definition) is 1. The summed E-state index contributed by atoms with van der Waals surface area (Å²) in [6.45, 7) is 9.45. The van der Waals surface area contributed by atoms with Crippen molar-refractivity contribution >= 4 is 5.91 Å². The summed E-state index contributed by atoms with van der Waals surface area (Å²) in [4.78, 5) is 12.2. The van der Waals surface area contributed by atoms with Crippen molar-refractivity contribution in [2.45, 2.75) is 59.4 Å². The molecule has 2 aliphatic rings. The van der Waals surface area contributed by atoms with E-state index in [4.69, 9.17) is 0 Å². The molecule has 21 heavy (non-hydrogen) atoms. The van der Waals surface area contributed by atoms with Crippen molar-refractivity contribution in [2.24, 2.45) is 16.2 Å². The SMILES string of the molecule is CC1(C)CC(C)(C)CC2(CC(=O)NC2c2ccccc2)C1. The van der Waals surface area contributed by atoms with E-state index in [2.05, 4.69) is 57.3 Å². The summed E-state index contributed by atoms with van der Waals surface area (Å²) in [5, 5.41) is 3.27. The van der Waals surface area contributed by atoms with Gasteiger partial charge >= 0.3 is 0 Å². The highest BCUT2D eigenvalue weighted by Crippen LogP contribution is 2.61. The topological polar surface area (TPSA) is 29.1 Å². The molecule has 1 heterocycles. The third-order valence-corrected chi connectivity index (χ3v) is 5.18. The van der Waals surface area contributed by atoms with Gasteiger partial charge in [0.05, 0.1) is 6.04 Å². The molecule has 1 unspecified atom stereocenters. The van der Waals surface area contributed by atoms with Crippen LogP contribution >= 0.6 is 0 Å². The number of nitrogens with one attached hydrogen (secondary N) is 1. The van der Waals surface area contributed by atoms with E-state index in [0.29, 0.717) is 17.3 Å². The van der Waals surface area contributed by atoms with Gasteiger partial charge in [0, 0.05) is 11.8 Å². The Hall–Kier alpha value is -1.31. The van der Waals surface area contributed by atoms with Crippen LogP contribution in [-0.2, 0) is 4.79 Å². The van der Waals surface area contributed by atoms with Gasteiger partial charge in [-0.2, -0.15) is 0 Å². The lowest BCUT2D eigenvalue weighted by molar-refractivity contribution is -0.120. The molecule has 114 valence electrons. The lowest BCUT2D eigenvalue weighted by Gasteiger charge is -2.52. The second-order valence-electron chi connectivity index (χ2n) is 8.81. The van der Waals surface area contributed by atoms with E-state index in [1.54, 1.807) is 0 Å². The molecule has 1 N–H and O–H groups in total. The maximum atomic E-state index is 12.2. The fourth-order valence-corrected chi connectivity index (χ4v) is 5.59. The van der Waals surface area contributed by atoms with Crippen molar-refractivity contribution < 1.29 is 4.79 Å². The Morgan fingerprint density at radius 3 is 2.10 bits per heavy atom. The molecule has 1 aliphatic heterocycles. The van der Waals surface area contributed by atoms with Crippen LogP contribution in [0.15, 0.2) is 30.3 Å². The Morgan fingerprint density at radius 1 is 0.952 bits per heavy atom. The quantitative estimate of drug-likeness (QED) is 0.810. The first-order valence-corrected chi connectivity index (χ1v) is 8.06. The van der Waals surface area contributed by atoms with Gasteiger partial charge in [-0.15, -0.1) is 0 Å². The number of hydrogen-bond acceptors (Lipinski definition) is 1. The lowest BCUT2D eigenvalue weighted by atomic mass is 9.52. The molecule has 2 nitrogen and oxygen atoms in total. The summed E-state index contributed by atoms with van der Waals surface area (Å²) >= 11 is 0. The monoisotopic (exact) mass is 285 g/mol. The number of carbonyl (C=O) groups is 1. The Morgan fingerprint density at radius 2 is 1.52 bits per heavy atom. The fraction of sp³-hybridized carbons (Fsp3) is 0.632. The maximum Gasteiger partial charge on any atom is 0.221 e. The Kier molecular flexibility index (Phi) is 3.20. The lowest BCUT2D eigenvalue weighted by Crippen LogP contribution is -2.44. The zero-order valence-electron chi connectivity index (χ0n) is 13.7. The van der Waals surface area contributed by atoms with Crippen LogP contribution in [0, 0.1) is 16.2 Å². The van der Waals surface area contributed by atoms with Crippen LogP contribution in [0.2, 0.25) is 0 Å². The van der Waals surface area contributed by atoms with Gasteiger partial charge in [-0.1, -0.05) is 58.0 Å². The van der Waals surface area contributed by atoms with E-state index in [1.165, 1.54) is 12.0 Å². The van der Waals surface area contributed by atoms with Gasteiger partial charge in [-0.25, -0.2) is 0 Å². The molecule has 1 aromatic carbocycles. The van der Waals surface area contributed by atoms with Crippen LogP contribution < -0.4 is 5.32 Å². The fourth-order valence-electron chi connectivity index (χ4n) is 5.59. The van der Waals surface area contributed by atoms with Crippen LogP contribution in [0.5, 0.6) is 0 Å². The van der Waals surface area contributed by atoms with E-state index >= 15 is 0 Å². The van der Waals surface area contributed by atoms with E-state index in [1.807, 2.05) is 6.07 Å². The molecule has 1 aromatic rings. The van der Waals surface area contributed by atoms with E-state index < -0.39 is 0 Å². The smallest absolute Gasteiger partial charge is 0.221 e. The minimum atomic E-state index is 0.0731. The molecule has 1 atom stereocenters. The highest BCUT2D eigenvalue weighted by Gasteiger charge is 2.55. The maximum absolute atomic E-state index is 12.2. The normalized spacial score (nSPS) is 29.3. The van der Waals surface area contributed by atoms with Crippen molar-refractivity contribution in [2.75, 3.05) is 0 Å². The van der Waals surface area contributed by atoms with Gasteiger partial charge in [0.2, 0.25) is 5.91 Å². The summed E-state index contributed by atoms with van der Waals surface area (Å²) < 4.78 is 0. The van der Waals surface area contributed by atoms with Gasteiger partial charge < -0.3 is 5.32 Å². The van der Waals surface area contributed by atoms with E-state index in [0.717, 1.165) is 12.8 Å². The summed E-state index contributed by atoms with van der Waals surface area (Å²) in [5.74, 6) is 0.220.